The molecule has 0 atom stereocenters. The van der Waals surface area contributed by atoms with E-state index in [1.54, 1.807) is 0 Å². The molecule has 2 N–H and O–H groups in total. The highest BCUT2D eigenvalue weighted by molar-refractivity contribution is 7.80. The standard InChI is InChI=1S/C17H19ClN2S/c1-13-8-10-14(11-9-13)5-4-12-19-17(21)20-16-7-3-2-6-15(16)18/h2-3,6-11H,4-5,12H2,1H3,(H2,19,20,21). The van der Waals surface area contributed by atoms with Crippen molar-refractivity contribution in [2.24, 2.45) is 0 Å². The van der Waals surface area contributed by atoms with Gasteiger partial charge in [0.2, 0.25) is 0 Å². The summed E-state index contributed by atoms with van der Waals surface area (Å²) in [6.07, 6.45) is 2.08. The summed E-state index contributed by atoms with van der Waals surface area (Å²) in [5.41, 5.74) is 3.48. The van der Waals surface area contributed by atoms with E-state index < -0.39 is 0 Å². The van der Waals surface area contributed by atoms with Gasteiger partial charge in [0.1, 0.15) is 0 Å². The van der Waals surface area contributed by atoms with E-state index in [1.165, 1.54) is 11.1 Å². The number of para-hydroxylation sites is 1. The van der Waals surface area contributed by atoms with Crippen LogP contribution in [0.1, 0.15) is 17.5 Å². The maximum absolute atomic E-state index is 6.07. The molecule has 0 amide bonds. The number of nitrogens with one attached hydrogen (secondary N) is 2. The molecule has 0 bridgehead atoms. The third-order valence-corrected chi connectivity index (χ3v) is 3.75. The van der Waals surface area contributed by atoms with Gasteiger partial charge in [-0.2, -0.15) is 0 Å². The highest BCUT2D eigenvalue weighted by Gasteiger charge is 2.01. The van der Waals surface area contributed by atoms with Gasteiger partial charge in [-0.05, 0) is 49.7 Å². The average Bonchev–Trinajstić information content (AvgIpc) is 2.48. The van der Waals surface area contributed by atoms with Crippen molar-refractivity contribution in [2.45, 2.75) is 19.8 Å². The van der Waals surface area contributed by atoms with Crippen molar-refractivity contribution in [3.63, 3.8) is 0 Å². The van der Waals surface area contributed by atoms with Crippen molar-refractivity contribution in [3.8, 4) is 0 Å². The number of hydrogen-bond donors (Lipinski definition) is 2. The number of rotatable bonds is 5. The topological polar surface area (TPSA) is 24.1 Å². The van der Waals surface area contributed by atoms with Gasteiger partial charge in [-0.3, -0.25) is 0 Å². The van der Waals surface area contributed by atoms with Crippen LogP contribution in [-0.2, 0) is 6.42 Å². The molecular formula is C17H19ClN2S. The lowest BCUT2D eigenvalue weighted by atomic mass is 10.1. The molecule has 0 aromatic heterocycles. The van der Waals surface area contributed by atoms with Gasteiger partial charge in [-0.15, -0.1) is 0 Å². The van der Waals surface area contributed by atoms with E-state index in [4.69, 9.17) is 23.8 Å². The minimum atomic E-state index is 0.604. The van der Waals surface area contributed by atoms with Gasteiger partial charge < -0.3 is 10.6 Å². The second-order valence-electron chi connectivity index (χ2n) is 4.95. The van der Waals surface area contributed by atoms with Crippen LogP contribution < -0.4 is 10.6 Å². The molecular weight excluding hydrogens is 300 g/mol. The summed E-state index contributed by atoms with van der Waals surface area (Å²) in [5.74, 6) is 0. The van der Waals surface area contributed by atoms with Crippen LogP contribution in [0.2, 0.25) is 5.02 Å². The first kappa shape index (κ1) is 15.8. The Hall–Kier alpha value is -1.58. The number of hydrogen-bond acceptors (Lipinski definition) is 1. The van der Waals surface area contributed by atoms with Gasteiger partial charge in [0.15, 0.2) is 5.11 Å². The first-order valence-corrected chi connectivity index (χ1v) is 7.79. The minimum Gasteiger partial charge on any atom is -0.362 e. The van der Waals surface area contributed by atoms with Gasteiger partial charge in [-0.1, -0.05) is 53.6 Å². The average molecular weight is 319 g/mol. The first-order valence-electron chi connectivity index (χ1n) is 7.00. The minimum absolute atomic E-state index is 0.604. The SMILES string of the molecule is Cc1ccc(CCCNC(=S)Nc2ccccc2Cl)cc1. The Morgan fingerprint density at radius 1 is 1.10 bits per heavy atom. The Balaban J connectivity index is 1.70. The first-order chi connectivity index (χ1) is 10.1. The fraction of sp³-hybridized carbons (Fsp3) is 0.235. The zero-order chi connectivity index (χ0) is 15.1. The smallest absolute Gasteiger partial charge is 0.170 e. The lowest BCUT2D eigenvalue weighted by Crippen LogP contribution is -2.29. The Labute approximate surface area is 136 Å². The second kappa shape index (κ2) is 8.01. The number of anilines is 1. The van der Waals surface area contributed by atoms with Gasteiger partial charge in [-0.25, -0.2) is 0 Å². The van der Waals surface area contributed by atoms with Crippen LogP contribution in [0.5, 0.6) is 0 Å². The molecule has 0 unspecified atom stereocenters. The predicted molar refractivity (Wildman–Crippen MR) is 95.2 cm³/mol. The molecule has 2 aromatic rings. The van der Waals surface area contributed by atoms with Crippen LogP contribution in [0.25, 0.3) is 0 Å². The zero-order valence-electron chi connectivity index (χ0n) is 12.0. The zero-order valence-corrected chi connectivity index (χ0v) is 13.6. The Kier molecular flexibility index (Phi) is 6.03. The highest BCUT2D eigenvalue weighted by atomic mass is 35.5. The summed E-state index contributed by atoms with van der Waals surface area (Å²) in [7, 11) is 0. The Morgan fingerprint density at radius 2 is 1.81 bits per heavy atom. The third-order valence-electron chi connectivity index (χ3n) is 3.17. The normalized spacial score (nSPS) is 10.2. The monoisotopic (exact) mass is 318 g/mol. The van der Waals surface area contributed by atoms with E-state index in [-0.39, 0.29) is 0 Å². The largest absolute Gasteiger partial charge is 0.362 e. The molecule has 2 rings (SSSR count). The quantitative estimate of drug-likeness (QED) is 0.624. The molecule has 110 valence electrons. The maximum Gasteiger partial charge on any atom is 0.170 e. The second-order valence-corrected chi connectivity index (χ2v) is 5.77. The summed E-state index contributed by atoms with van der Waals surface area (Å²) < 4.78 is 0. The van der Waals surface area contributed by atoms with Gasteiger partial charge in [0, 0.05) is 6.54 Å². The van der Waals surface area contributed by atoms with E-state index in [9.17, 15) is 0 Å². The van der Waals surface area contributed by atoms with Crippen molar-refractivity contribution in [3.05, 3.63) is 64.7 Å². The van der Waals surface area contributed by atoms with Crippen LogP contribution in [0, 0.1) is 6.92 Å². The summed E-state index contributed by atoms with van der Waals surface area (Å²) in [5, 5.41) is 7.58. The summed E-state index contributed by atoms with van der Waals surface area (Å²) in [4.78, 5) is 0. The molecule has 0 aliphatic rings. The molecule has 4 heteroatoms. The summed E-state index contributed by atoms with van der Waals surface area (Å²) in [6.45, 7) is 2.94. The lowest BCUT2D eigenvalue weighted by Gasteiger charge is -2.11. The van der Waals surface area contributed by atoms with E-state index in [2.05, 4.69) is 41.8 Å². The Bertz CT molecular complexity index is 596. The van der Waals surface area contributed by atoms with Crippen molar-refractivity contribution in [1.82, 2.24) is 5.32 Å². The maximum atomic E-state index is 6.07. The van der Waals surface area contributed by atoms with E-state index in [1.807, 2.05) is 24.3 Å². The molecule has 0 saturated heterocycles. The van der Waals surface area contributed by atoms with Crippen LogP contribution >= 0.6 is 23.8 Å². The molecule has 21 heavy (non-hydrogen) atoms. The van der Waals surface area contributed by atoms with Crippen LogP contribution in [0.4, 0.5) is 5.69 Å². The predicted octanol–water partition coefficient (Wildman–Crippen LogP) is 4.57. The summed E-state index contributed by atoms with van der Waals surface area (Å²) >= 11 is 11.3. The van der Waals surface area contributed by atoms with Crippen molar-refractivity contribution >= 4 is 34.6 Å². The van der Waals surface area contributed by atoms with Crippen LogP contribution in [0.3, 0.4) is 0 Å². The molecule has 2 aromatic carbocycles. The fourth-order valence-corrected chi connectivity index (χ4v) is 2.37. The van der Waals surface area contributed by atoms with Gasteiger partial charge in [0.05, 0.1) is 10.7 Å². The van der Waals surface area contributed by atoms with Crippen LogP contribution in [-0.4, -0.2) is 11.7 Å². The fourth-order valence-electron chi connectivity index (χ4n) is 1.98. The van der Waals surface area contributed by atoms with E-state index >= 15 is 0 Å². The molecule has 0 spiro atoms. The molecule has 0 aliphatic carbocycles. The third kappa shape index (κ3) is 5.37. The van der Waals surface area contributed by atoms with Crippen molar-refractivity contribution in [2.75, 3.05) is 11.9 Å². The van der Waals surface area contributed by atoms with Crippen LogP contribution in [0.15, 0.2) is 48.5 Å². The number of benzene rings is 2. The Morgan fingerprint density at radius 3 is 2.52 bits per heavy atom. The molecule has 0 aliphatic heterocycles. The van der Waals surface area contributed by atoms with E-state index in [0.29, 0.717) is 10.1 Å². The molecule has 0 saturated carbocycles. The highest BCUT2D eigenvalue weighted by Crippen LogP contribution is 2.20. The van der Waals surface area contributed by atoms with Gasteiger partial charge >= 0.3 is 0 Å². The van der Waals surface area contributed by atoms with Crippen molar-refractivity contribution < 1.29 is 0 Å². The lowest BCUT2D eigenvalue weighted by molar-refractivity contribution is 0.777. The number of halogens is 1. The van der Waals surface area contributed by atoms with Crippen molar-refractivity contribution in [1.29, 1.82) is 0 Å². The molecule has 0 radical (unpaired) electrons. The van der Waals surface area contributed by atoms with Gasteiger partial charge in [0.25, 0.3) is 0 Å². The number of aryl methyl sites for hydroxylation is 2. The summed E-state index contributed by atoms with van der Waals surface area (Å²) in [6, 6.07) is 16.2. The molecule has 0 heterocycles. The van der Waals surface area contributed by atoms with E-state index in [0.717, 1.165) is 25.1 Å². The number of thiocarbonyl (C=S) groups is 1. The molecule has 0 fully saturated rings. The molecule has 2 nitrogen and oxygen atoms in total.